The summed E-state index contributed by atoms with van der Waals surface area (Å²) in [5, 5.41) is 9.80. The summed E-state index contributed by atoms with van der Waals surface area (Å²) in [7, 11) is 0. The normalized spacial score (nSPS) is 27.7. The van der Waals surface area contributed by atoms with E-state index in [0.717, 1.165) is 56.8 Å². The summed E-state index contributed by atoms with van der Waals surface area (Å²) in [5.74, 6) is 0.0769. The second kappa shape index (κ2) is 5.91. The van der Waals surface area contributed by atoms with Crippen LogP contribution in [0.5, 0.6) is 0 Å². The third-order valence-electron chi connectivity index (χ3n) is 5.85. The number of amides is 1. The highest BCUT2D eigenvalue weighted by atomic mass is 16.3. The lowest BCUT2D eigenvalue weighted by Crippen LogP contribution is -2.46. The van der Waals surface area contributed by atoms with E-state index in [4.69, 9.17) is 0 Å². The number of aliphatic hydroxyl groups excluding tert-OH is 1. The number of likely N-dealkylation sites (tertiary alicyclic amines) is 2. The highest BCUT2D eigenvalue weighted by Gasteiger charge is 2.52. The van der Waals surface area contributed by atoms with E-state index in [2.05, 4.69) is 21.8 Å². The maximum atomic E-state index is 12.0. The molecule has 6 heteroatoms. The maximum Gasteiger partial charge on any atom is 0.219 e. The molecule has 2 aliphatic heterocycles. The molecule has 2 N–H and O–H groups in total. The summed E-state index contributed by atoms with van der Waals surface area (Å²) < 4.78 is 0. The number of aromatic nitrogens is 2. The molecule has 1 unspecified atom stereocenters. The molecule has 23 heavy (non-hydrogen) atoms. The Bertz CT molecular complexity index is 577. The fourth-order valence-corrected chi connectivity index (χ4v) is 4.40. The van der Waals surface area contributed by atoms with E-state index < -0.39 is 5.54 Å². The monoisotopic (exact) mass is 320 g/mol. The lowest BCUT2D eigenvalue weighted by Gasteiger charge is -2.39. The molecule has 128 valence electrons. The highest BCUT2D eigenvalue weighted by Crippen LogP contribution is 2.48. The van der Waals surface area contributed by atoms with E-state index in [9.17, 15) is 9.90 Å². The van der Waals surface area contributed by atoms with Gasteiger partial charge in [-0.05, 0) is 51.6 Å². The number of aliphatic hydroxyl groups is 1. The number of carbonyl (C=O) groups excluding carboxylic acids is 1. The number of hydrogen-bond donors (Lipinski definition) is 2. The largest absolute Gasteiger partial charge is 0.394 e. The van der Waals surface area contributed by atoms with E-state index in [1.54, 1.807) is 13.3 Å². The van der Waals surface area contributed by atoms with Gasteiger partial charge in [-0.2, -0.15) is 0 Å². The van der Waals surface area contributed by atoms with Crippen LogP contribution in [0.25, 0.3) is 0 Å². The number of aromatic amines is 1. The molecule has 1 amide bonds. The number of imidazole rings is 1. The zero-order valence-corrected chi connectivity index (χ0v) is 14.4. The van der Waals surface area contributed by atoms with Crippen LogP contribution in [0.1, 0.15) is 44.5 Å². The Hall–Kier alpha value is -1.40. The fraction of sp³-hybridized carbons (Fsp3) is 0.765. The van der Waals surface area contributed by atoms with Crippen LogP contribution in [0.15, 0.2) is 6.33 Å². The molecule has 1 atom stereocenters. The van der Waals surface area contributed by atoms with Gasteiger partial charge in [-0.1, -0.05) is 0 Å². The molecule has 1 aromatic rings. The summed E-state index contributed by atoms with van der Waals surface area (Å²) in [6.45, 7) is 9.46. The van der Waals surface area contributed by atoms with Crippen molar-refractivity contribution in [1.29, 1.82) is 0 Å². The first kappa shape index (κ1) is 16.5. The van der Waals surface area contributed by atoms with E-state index >= 15 is 0 Å². The van der Waals surface area contributed by atoms with Gasteiger partial charge in [-0.25, -0.2) is 4.98 Å². The molecule has 2 saturated heterocycles. The first-order valence-corrected chi connectivity index (χ1v) is 8.48. The Morgan fingerprint density at radius 2 is 2.13 bits per heavy atom. The number of piperidine rings is 1. The van der Waals surface area contributed by atoms with Gasteiger partial charge in [0, 0.05) is 25.7 Å². The minimum absolute atomic E-state index is 0.0461. The molecule has 3 heterocycles. The smallest absolute Gasteiger partial charge is 0.219 e. The maximum absolute atomic E-state index is 12.0. The van der Waals surface area contributed by atoms with Crippen molar-refractivity contribution in [3.05, 3.63) is 17.7 Å². The molecule has 2 aliphatic rings. The van der Waals surface area contributed by atoms with Crippen LogP contribution in [0, 0.1) is 12.3 Å². The van der Waals surface area contributed by atoms with Crippen molar-refractivity contribution in [2.75, 3.05) is 26.2 Å². The molecular formula is C17H28N4O2. The first-order chi connectivity index (χ1) is 10.9. The SMILES string of the molecule is CC(=O)N1CC2(CCN(Cc3nc[nH]c3C)CC2)CC1(C)CO. The number of rotatable bonds is 3. The predicted molar refractivity (Wildman–Crippen MR) is 87.8 cm³/mol. The summed E-state index contributed by atoms with van der Waals surface area (Å²) in [5.41, 5.74) is 2.03. The van der Waals surface area contributed by atoms with Crippen molar-refractivity contribution in [3.63, 3.8) is 0 Å². The number of aryl methyl sites for hydroxylation is 1. The molecule has 6 nitrogen and oxygen atoms in total. The summed E-state index contributed by atoms with van der Waals surface area (Å²) in [6, 6.07) is 0. The van der Waals surface area contributed by atoms with Crippen molar-refractivity contribution >= 4 is 5.91 Å². The third kappa shape index (κ3) is 3.02. The Morgan fingerprint density at radius 3 is 2.61 bits per heavy atom. The van der Waals surface area contributed by atoms with E-state index in [0.29, 0.717) is 0 Å². The van der Waals surface area contributed by atoms with E-state index in [1.165, 1.54) is 0 Å². The fourth-order valence-electron chi connectivity index (χ4n) is 4.40. The van der Waals surface area contributed by atoms with Gasteiger partial charge < -0.3 is 15.0 Å². The van der Waals surface area contributed by atoms with Gasteiger partial charge in [-0.15, -0.1) is 0 Å². The molecule has 3 rings (SSSR count). The minimum atomic E-state index is -0.396. The van der Waals surface area contributed by atoms with Crippen molar-refractivity contribution < 1.29 is 9.90 Å². The number of H-pyrrole nitrogens is 1. The van der Waals surface area contributed by atoms with Gasteiger partial charge in [-0.3, -0.25) is 9.69 Å². The highest BCUT2D eigenvalue weighted by molar-refractivity contribution is 5.74. The van der Waals surface area contributed by atoms with Crippen molar-refractivity contribution in [1.82, 2.24) is 19.8 Å². The zero-order chi connectivity index (χ0) is 16.7. The lowest BCUT2D eigenvalue weighted by atomic mass is 9.74. The molecule has 1 spiro atoms. The minimum Gasteiger partial charge on any atom is -0.394 e. The number of nitrogens with one attached hydrogen (secondary N) is 1. The number of hydrogen-bond acceptors (Lipinski definition) is 4. The van der Waals surface area contributed by atoms with Crippen molar-refractivity contribution in [3.8, 4) is 0 Å². The second-order valence-electron chi connectivity index (χ2n) is 7.69. The van der Waals surface area contributed by atoms with Crippen LogP contribution in [0.3, 0.4) is 0 Å². The topological polar surface area (TPSA) is 72.5 Å². The van der Waals surface area contributed by atoms with Gasteiger partial charge >= 0.3 is 0 Å². The van der Waals surface area contributed by atoms with Gasteiger partial charge in [0.25, 0.3) is 0 Å². The zero-order valence-electron chi connectivity index (χ0n) is 14.4. The van der Waals surface area contributed by atoms with Crippen LogP contribution >= 0.6 is 0 Å². The summed E-state index contributed by atoms with van der Waals surface area (Å²) in [6.07, 6.45) is 4.82. The van der Waals surface area contributed by atoms with Crippen LogP contribution in [0.4, 0.5) is 0 Å². The number of carbonyl (C=O) groups is 1. The second-order valence-corrected chi connectivity index (χ2v) is 7.69. The van der Waals surface area contributed by atoms with Crippen LogP contribution in [0.2, 0.25) is 0 Å². The number of nitrogens with zero attached hydrogens (tertiary/aromatic N) is 3. The molecule has 0 radical (unpaired) electrons. The Labute approximate surface area is 137 Å². The standard InChI is InChI=1S/C17H28N4O2/c1-13-15(19-12-18-13)8-20-6-4-17(5-7-20)9-16(3,11-22)21(10-17)14(2)23/h12,22H,4-11H2,1-3H3,(H,18,19). The molecule has 0 saturated carbocycles. The Balaban J connectivity index is 1.64. The summed E-state index contributed by atoms with van der Waals surface area (Å²) >= 11 is 0. The molecule has 0 bridgehead atoms. The third-order valence-corrected chi connectivity index (χ3v) is 5.85. The average Bonchev–Trinajstić information content (AvgIpc) is 3.04. The van der Waals surface area contributed by atoms with Crippen molar-refractivity contribution in [2.45, 2.75) is 52.1 Å². The van der Waals surface area contributed by atoms with Gasteiger partial charge in [0.1, 0.15) is 0 Å². The Kier molecular flexibility index (Phi) is 4.23. The Morgan fingerprint density at radius 1 is 1.43 bits per heavy atom. The molecule has 1 aromatic heterocycles. The first-order valence-electron chi connectivity index (χ1n) is 8.48. The van der Waals surface area contributed by atoms with Gasteiger partial charge in [0.15, 0.2) is 0 Å². The van der Waals surface area contributed by atoms with E-state index in [-0.39, 0.29) is 17.9 Å². The molecule has 0 aromatic carbocycles. The molecular weight excluding hydrogens is 292 g/mol. The molecule has 2 fully saturated rings. The van der Waals surface area contributed by atoms with Crippen LogP contribution < -0.4 is 0 Å². The van der Waals surface area contributed by atoms with Crippen LogP contribution in [-0.2, 0) is 11.3 Å². The van der Waals surface area contributed by atoms with Gasteiger partial charge in [0.2, 0.25) is 5.91 Å². The van der Waals surface area contributed by atoms with Gasteiger partial charge in [0.05, 0.1) is 24.2 Å². The predicted octanol–water partition coefficient (Wildman–Crippen LogP) is 1.30. The lowest BCUT2D eigenvalue weighted by molar-refractivity contribution is -0.134. The van der Waals surface area contributed by atoms with Crippen LogP contribution in [-0.4, -0.2) is 62.6 Å². The molecule has 0 aliphatic carbocycles. The van der Waals surface area contributed by atoms with Crippen molar-refractivity contribution in [2.24, 2.45) is 5.41 Å². The quantitative estimate of drug-likeness (QED) is 0.881. The average molecular weight is 320 g/mol. The summed E-state index contributed by atoms with van der Waals surface area (Å²) in [4.78, 5) is 23.8. The van der Waals surface area contributed by atoms with E-state index in [1.807, 2.05) is 11.8 Å².